The fraction of sp³-hybridized carbons (Fsp3) is 0.862. The first-order chi connectivity index (χ1) is 36.0. The molecular formula is C58H130Cl5N3O8Si9. The Hall–Kier alpha value is 1.12. The van der Waals surface area contributed by atoms with Gasteiger partial charge in [0.1, 0.15) is 5.75 Å². The Labute approximate surface area is 546 Å². The summed E-state index contributed by atoms with van der Waals surface area (Å²) in [6.45, 7) is 81.8. The monoisotopic (exact) mass is 1420 g/mol. The summed E-state index contributed by atoms with van der Waals surface area (Å²) in [4.78, 5) is 20.9. The predicted octanol–water partition coefficient (Wildman–Crippen LogP) is 20.9. The van der Waals surface area contributed by atoms with Crippen LogP contribution in [0.3, 0.4) is 0 Å². The van der Waals surface area contributed by atoms with Crippen LogP contribution in [0, 0.1) is 0 Å². The van der Waals surface area contributed by atoms with E-state index in [2.05, 4.69) is 238 Å². The number of hydrogen-bond acceptors (Lipinski definition) is 11. The lowest BCUT2D eigenvalue weighted by Crippen LogP contribution is -2.87. The number of halogens is 5. The zero-order chi connectivity index (χ0) is 68.0. The molecule has 0 atom stereocenters. The molecule has 0 aliphatic carbocycles. The van der Waals surface area contributed by atoms with Crippen LogP contribution >= 0.6 is 55.4 Å². The molecule has 1 heterocycles. The largest absolute Gasteiger partial charge is 0.529 e. The first-order valence-corrected chi connectivity index (χ1v) is 58.8. The minimum atomic E-state index is -2.53. The van der Waals surface area contributed by atoms with Gasteiger partial charge in [-0.2, -0.15) is 0 Å². The number of benzene rings is 1. The standard InChI is InChI=1S/C20H35ClOSi.C12H28Cl2OSi2.C8H18Cl2Si.C6H21N3Si3.C6H12O4Si.C6H16O2Si/c1-18(2,3)14-12-15(19(4,5)6)17(22-23(10,11)21)16(13-14)20(7,8)9;1-9(2)16(13,10(3)4)15-17(14,11(5)6)12(7)8;1-7(2,3)11(9,10)8(4,5)6;1-10(2)7-11(3,4)9-12(5,6)8-10;1-5(7)9-11(3,4)10-6(2)8;1-5-7-9(3,4)8-6-2/h12-13H,1-11H3;9-12H,1-8H3;1-6H3;7-9H,1-6H3;1-4H3;5-6H2,1-4H3. The van der Waals surface area contributed by atoms with E-state index >= 15 is 0 Å². The summed E-state index contributed by atoms with van der Waals surface area (Å²) in [5, 5.41) is 0.0999. The van der Waals surface area contributed by atoms with Crippen LogP contribution in [0.4, 0.5) is 0 Å². The van der Waals surface area contributed by atoms with Crippen molar-refractivity contribution in [3.63, 3.8) is 0 Å². The van der Waals surface area contributed by atoms with E-state index in [0.717, 1.165) is 19.0 Å². The van der Waals surface area contributed by atoms with E-state index in [-0.39, 0.29) is 26.3 Å². The lowest BCUT2D eigenvalue weighted by atomic mass is 9.75. The van der Waals surface area contributed by atoms with Crippen molar-refractivity contribution in [1.82, 2.24) is 13.9 Å². The number of hydrogen-bond donors (Lipinski definition) is 3. The highest BCUT2D eigenvalue weighted by Gasteiger charge is 2.53. The first-order valence-electron chi connectivity index (χ1n) is 30.1. The van der Waals surface area contributed by atoms with Gasteiger partial charge in [0, 0.05) is 40.2 Å². The van der Waals surface area contributed by atoms with Crippen molar-refractivity contribution in [2.45, 2.75) is 314 Å². The van der Waals surface area contributed by atoms with E-state index in [4.69, 9.17) is 81.6 Å². The van der Waals surface area contributed by atoms with Crippen LogP contribution in [0.1, 0.15) is 204 Å². The van der Waals surface area contributed by atoms with Gasteiger partial charge in [-0.25, -0.2) is 0 Å². The summed E-state index contributed by atoms with van der Waals surface area (Å²) >= 11 is 33.0. The van der Waals surface area contributed by atoms with E-state index in [1.165, 1.54) is 30.5 Å². The second-order valence-electron chi connectivity index (χ2n) is 31.4. The summed E-state index contributed by atoms with van der Waals surface area (Å²) < 4.78 is 44.6. The molecule has 0 saturated carbocycles. The molecule has 0 bridgehead atoms. The van der Waals surface area contributed by atoms with Gasteiger partial charge >= 0.3 is 24.7 Å². The third-order valence-corrected chi connectivity index (χ3v) is 58.3. The Kier molecular flexibility index (Phi) is 37.3. The summed E-state index contributed by atoms with van der Waals surface area (Å²) in [6, 6.07) is 4.64. The van der Waals surface area contributed by atoms with Gasteiger partial charge in [-0.1, -0.05) is 171 Å². The Bertz CT molecular complexity index is 1950. The van der Waals surface area contributed by atoms with Crippen molar-refractivity contribution in [1.29, 1.82) is 0 Å². The minimum Gasteiger partial charge on any atom is -0.529 e. The van der Waals surface area contributed by atoms with Gasteiger partial charge < -0.3 is 40.2 Å². The zero-order valence-electron chi connectivity index (χ0n) is 60.5. The SMILES string of the molecule is CC(=O)O[Si](C)(C)OC(C)=O.CC(C)(C)[Si](Cl)(Cl)C(C)(C)C.CC(C)(C)c1cc(C(C)(C)C)c(O[Si](C)(C)Cl)c(C(C)(C)C)c1.CC(C)[Si](Cl)(O[Si](Cl)(C(C)C)C(C)C)C(C)C.CCO[Si](C)(C)OCC.C[Si]1(C)N[Si](C)(C)N[Si](C)(C)N1. The van der Waals surface area contributed by atoms with Gasteiger partial charge in [-0.15, -0.1) is 55.4 Å². The van der Waals surface area contributed by atoms with Crippen LogP contribution in [0.25, 0.3) is 0 Å². The molecule has 2 rings (SSSR count). The van der Waals surface area contributed by atoms with Gasteiger partial charge in [0.15, 0.2) is 25.2 Å². The topological polar surface area (TPSA) is 126 Å². The average molecular weight is 1430 g/mol. The van der Waals surface area contributed by atoms with E-state index in [1.54, 1.807) is 13.1 Å². The summed E-state index contributed by atoms with van der Waals surface area (Å²) in [5.41, 5.74) is 5.52. The maximum absolute atomic E-state index is 10.5. The van der Waals surface area contributed by atoms with E-state index < -0.39 is 83.8 Å². The third-order valence-electron chi connectivity index (χ3n) is 12.9. The number of rotatable bonds is 14. The number of carbonyl (C=O) groups is 2. The average Bonchev–Trinajstić information content (AvgIpc) is 3.16. The molecule has 0 aromatic heterocycles. The minimum absolute atomic E-state index is 0.00708. The maximum atomic E-state index is 10.5. The molecular weight excluding hydrogens is 1300 g/mol. The van der Waals surface area contributed by atoms with Crippen LogP contribution in [0.2, 0.25) is 111 Å². The smallest absolute Gasteiger partial charge is 0.457 e. The van der Waals surface area contributed by atoms with Crippen LogP contribution in [-0.2, 0) is 47.7 Å². The van der Waals surface area contributed by atoms with Crippen LogP contribution < -0.4 is 18.4 Å². The molecule has 496 valence electrons. The molecule has 1 aromatic rings. The molecule has 11 nitrogen and oxygen atoms in total. The molecule has 3 N–H and O–H groups in total. The van der Waals surface area contributed by atoms with E-state index in [0.29, 0.717) is 22.2 Å². The molecule has 25 heteroatoms. The fourth-order valence-corrected chi connectivity index (χ4v) is 47.9. The Morgan fingerprint density at radius 1 is 0.482 bits per heavy atom. The van der Waals surface area contributed by atoms with Gasteiger partial charge in [0.2, 0.25) is 0 Å². The highest BCUT2D eigenvalue weighted by atomic mass is 35.7. The highest BCUT2D eigenvalue weighted by Crippen LogP contribution is 2.56. The molecule has 1 saturated heterocycles. The van der Waals surface area contributed by atoms with Gasteiger partial charge in [-0.3, -0.25) is 9.59 Å². The van der Waals surface area contributed by atoms with Crippen molar-refractivity contribution in [3.8, 4) is 5.75 Å². The lowest BCUT2D eigenvalue weighted by Gasteiger charge is -2.49. The Morgan fingerprint density at radius 2 is 0.735 bits per heavy atom. The Morgan fingerprint density at radius 3 is 0.892 bits per heavy atom. The molecule has 83 heavy (non-hydrogen) atoms. The van der Waals surface area contributed by atoms with Crippen molar-refractivity contribution in [2.75, 3.05) is 13.2 Å². The molecule has 0 amide bonds. The van der Waals surface area contributed by atoms with Gasteiger partial charge in [0.05, 0.1) is 0 Å². The normalized spacial score (nSPS) is 16.1. The second kappa shape index (κ2) is 34.1. The molecule has 0 radical (unpaired) electrons. The van der Waals surface area contributed by atoms with Crippen molar-refractivity contribution >= 4 is 139 Å². The van der Waals surface area contributed by atoms with Gasteiger partial charge in [0.25, 0.3) is 33.9 Å². The zero-order valence-corrected chi connectivity index (χ0v) is 73.3. The third kappa shape index (κ3) is 35.5. The molecule has 1 aliphatic heterocycles. The molecule has 1 fully saturated rings. The van der Waals surface area contributed by atoms with E-state index in [9.17, 15) is 9.59 Å². The first kappa shape index (κ1) is 90.5. The number of carbonyl (C=O) groups excluding carboxylic acids is 2. The lowest BCUT2D eigenvalue weighted by molar-refractivity contribution is -0.138. The van der Waals surface area contributed by atoms with Crippen molar-refractivity contribution in [3.05, 3.63) is 28.8 Å². The number of nitrogens with one attached hydrogen (secondary N) is 3. The molecule has 1 aromatic carbocycles. The quantitative estimate of drug-likeness (QED) is 0.122. The van der Waals surface area contributed by atoms with E-state index in [1.807, 2.05) is 26.9 Å². The maximum Gasteiger partial charge on any atom is 0.457 e. The summed E-state index contributed by atoms with van der Waals surface area (Å²) in [5.74, 6) is 0.176. The van der Waals surface area contributed by atoms with Crippen LogP contribution in [0.5, 0.6) is 5.75 Å². The highest BCUT2D eigenvalue weighted by molar-refractivity contribution is 7.47. The van der Waals surface area contributed by atoms with Crippen molar-refractivity contribution < 1.29 is 35.8 Å². The van der Waals surface area contributed by atoms with Crippen LogP contribution in [0.15, 0.2) is 12.1 Å². The van der Waals surface area contributed by atoms with Crippen LogP contribution in [-0.4, -0.2) is 97.0 Å². The molecule has 0 unspecified atom stereocenters. The molecule has 1 aliphatic rings. The summed E-state index contributed by atoms with van der Waals surface area (Å²) in [7, 11) is -14.9. The fourth-order valence-electron chi connectivity index (χ4n) is 9.59. The molecule has 0 spiro atoms. The predicted molar refractivity (Wildman–Crippen MR) is 392 cm³/mol. The summed E-state index contributed by atoms with van der Waals surface area (Å²) in [6.07, 6.45) is 0. The second-order valence-corrected chi connectivity index (χ2v) is 76.3. The Balaban J connectivity index is -0.000000466. The van der Waals surface area contributed by atoms with Gasteiger partial charge in [-0.05, 0) is 144 Å². The van der Waals surface area contributed by atoms with Crippen molar-refractivity contribution in [2.24, 2.45) is 0 Å².